The number of nitrogens with zero attached hydrogens (tertiary/aromatic N) is 2. The fourth-order valence-corrected chi connectivity index (χ4v) is 3.22. The van der Waals surface area contributed by atoms with Crippen LogP contribution in [0.15, 0.2) is 59.3 Å². The zero-order chi connectivity index (χ0) is 19.3. The molecule has 4 rings (SSSR count). The lowest BCUT2D eigenvalue weighted by atomic mass is 10.1. The molecule has 1 N–H and O–H groups in total. The van der Waals surface area contributed by atoms with Gasteiger partial charge in [0.25, 0.3) is 5.89 Å². The maximum absolute atomic E-state index is 12.0. The number of hydrogen-bond acceptors (Lipinski definition) is 5. The topological polar surface area (TPSA) is 81.0 Å². The first-order valence-electron chi connectivity index (χ1n) is 8.98. The van der Waals surface area contributed by atoms with E-state index in [9.17, 15) is 4.79 Å². The SMILES string of the molecule is O=C(CCCc1c[nH]c2ccccc12)OCc1nc(-c2cccc(Cl)c2)no1. The Balaban J connectivity index is 1.26. The van der Waals surface area contributed by atoms with E-state index in [1.807, 2.05) is 30.5 Å². The molecule has 7 heteroatoms. The lowest BCUT2D eigenvalue weighted by Crippen LogP contribution is -2.05. The molecule has 0 aliphatic carbocycles. The van der Waals surface area contributed by atoms with Crippen molar-refractivity contribution in [3.63, 3.8) is 0 Å². The van der Waals surface area contributed by atoms with Gasteiger partial charge >= 0.3 is 5.97 Å². The summed E-state index contributed by atoms with van der Waals surface area (Å²) in [6.45, 7) is -0.0422. The first kappa shape index (κ1) is 18.3. The van der Waals surface area contributed by atoms with E-state index in [0.29, 0.717) is 23.7 Å². The molecule has 0 unspecified atom stereocenters. The van der Waals surface area contributed by atoms with Crippen molar-refractivity contribution < 1.29 is 14.1 Å². The predicted octanol–water partition coefficient (Wildman–Crippen LogP) is 4.94. The summed E-state index contributed by atoms with van der Waals surface area (Å²) in [5.41, 5.74) is 3.05. The van der Waals surface area contributed by atoms with Crippen LogP contribution in [0.4, 0.5) is 0 Å². The molecule has 0 spiro atoms. The largest absolute Gasteiger partial charge is 0.456 e. The van der Waals surface area contributed by atoms with Crippen LogP contribution in [0.25, 0.3) is 22.3 Å². The van der Waals surface area contributed by atoms with Crippen LogP contribution in [0.3, 0.4) is 0 Å². The summed E-state index contributed by atoms with van der Waals surface area (Å²) < 4.78 is 10.4. The molecule has 2 aromatic carbocycles. The molecule has 2 heterocycles. The first-order chi connectivity index (χ1) is 13.7. The number of hydrogen-bond donors (Lipinski definition) is 1. The summed E-state index contributed by atoms with van der Waals surface area (Å²) in [6, 6.07) is 15.3. The quantitative estimate of drug-likeness (QED) is 0.448. The van der Waals surface area contributed by atoms with Gasteiger partial charge in [0.2, 0.25) is 5.82 Å². The Morgan fingerprint density at radius 3 is 2.96 bits per heavy atom. The molecule has 0 saturated carbocycles. The fraction of sp³-hybridized carbons (Fsp3) is 0.190. The smallest absolute Gasteiger partial charge is 0.306 e. The first-order valence-corrected chi connectivity index (χ1v) is 9.36. The summed E-state index contributed by atoms with van der Waals surface area (Å²) in [4.78, 5) is 19.5. The van der Waals surface area contributed by atoms with Crippen molar-refractivity contribution in [2.45, 2.75) is 25.9 Å². The van der Waals surface area contributed by atoms with Gasteiger partial charge in [0.1, 0.15) is 0 Å². The van der Waals surface area contributed by atoms with Gasteiger partial charge in [-0.1, -0.05) is 47.1 Å². The third kappa shape index (κ3) is 4.23. The van der Waals surface area contributed by atoms with Crippen molar-refractivity contribution in [1.29, 1.82) is 0 Å². The number of aryl methyl sites for hydroxylation is 1. The number of aromatic amines is 1. The third-order valence-electron chi connectivity index (χ3n) is 4.41. The normalized spacial score (nSPS) is 11.0. The second kappa shape index (κ2) is 8.27. The number of H-pyrrole nitrogens is 1. The minimum Gasteiger partial charge on any atom is -0.456 e. The van der Waals surface area contributed by atoms with Gasteiger partial charge in [-0.3, -0.25) is 4.79 Å². The minimum absolute atomic E-state index is 0.0422. The molecule has 0 bridgehead atoms. The van der Waals surface area contributed by atoms with Gasteiger partial charge in [0.05, 0.1) is 0 Å². The Labute approximate surface area is 166 Å². The standard InChI is InChI=1S/C21H18ClN3O3/c22-16-7-3-5-14(11-16)21-24-19(28-25-21)13-27-20(26)10-4-6-15-12-23-18-9-2-1-8-17(15)18/h1-3,5,7-9,11-12,23H,4,6,10,13H2. The maximum Gasteiger partial charge on any atom is 0.306 e. The number of carbonyl (C=O) groups excluding carboxylic acids is 1. The Hall–Kier alpha value is -3.12. The number of aromatic nitrogens is 3. The number of ether oxygens (including phenoxy) is 1. The maximum atomic E-state index is 12.0. The van der Waals surface area contributed by atoms with Crippen molar-refractivity contribution in [2.24, 2.45) is 0 Å². The van der Waals surface area contributed by atoms with Crippen LogP contribution >= 0.6 is 11.6 Å². The summed E-state index contributed by atoms with van der Waals surface area (Å²) in [5.74, 6) is 0.371. The van der Waals surface area contributed by atoms with E-state index < -0.39 is 0 Å². The van der Waals surface area contributed by atoms with Crippen molar-refractivity contribution in [2.75, 3.05) is 0 Å². The second-order valence-corrected chi connectivity index (χ2v) is 6.83. The van der Waals surface area contributed by atoms with Gasteiger partial charge < -0.3 is 14.2 Å². The van der Waals surface area contributed by atoms with Crippen LogP contribution in [0, 0.1) is 0 Å². The molecule has 0 fully saturated rings. The average Bonchev–Trinajstić information content (AvgIpc) is 3.34. The number of carbonyl (C=O) groups is 1. The van der Waals surface area contributed by atoms with E-state index in [1.165, 1.54) is 10.9 Å². The number of esters is 1. The van der Waals surface area contributed by atoms with E-state index in [-0.39, 0.29) is 18.5 Å². The predicted molar refractivity (Wildman–Crippen MR) is 106 cm³/mol. The number of nitrogens with one attached hydrogen (secondary N) is 1. The molecule has 2 aromatic heterocycles. The van der Waals surface area contributed by atoms with Crippen molar-refractivity contribution in [3.8, 4) is 11.4 Å². The zero-order valence-electron chi connectivity index (χ0n) is 15.0. The zero-order valence-corrected chi connectivity index (χ0v) is 15.8. The molecule has 0 atom stereocenters. The molecule has 28 heavy (non-hydrogen) atoms. The van der Waals surface area contributed by atoms with Crippen LogP contribution in [0.5, 0.6) is 0 Å². The van der Waals surface area contributed by atoms with Crippen molar-refractivity contribution in [3.05, 3.63) is 71.2 Å². The Morgan fingerprint density at radius 1 is 1.18 bits per heavy atom. The van der Waals surface area contributed by atoms with Crippen molar-refractivity contribution in [1.82, 2.24) is 15.1 Å². The highest BCUT2D eigenvalue weighted by Gasteiger charge is 2.12. The van der Waals surface area contributed by atoms with Crippen LogP contribution < -0.4 is 0 Å². The molecule has 142 valence electrons. The Morgan fingerprint density at radius 2 is 2.07 bits per heavy atom. The van der Waals surface area contributed by atoms with E-state index in [1.54, 1.807) is 18.2 Å². The lowest BCUT2D eigenvalue weighted by molar-refractivity contribution is -0.145. The van der Waals surface area contributed by atoms with E-state index >= 15 is 0 Å². The van der Waals surface area contributed by atoms with E-state index in [2.05, 4.69) is 21.2 Å². The summed E-state index contributed by atoms with van der Waals surface area (Å²) in [7, 11) is 0. The number of rotatable bonds is 7. The molecule has 0 saturated heterocycles. The third-order valence-corrected chi connectivity index (χ3v) is 4.64. The van der Waals surface area contributed by atoms with Gasteiger partial charge in [-0.2, -0.15) is 4.98 Å². The summed E-state index contributed by atoms with van der Waals surface area (Å²) in [5, 5.41) is 5.67. The Kier molecular flexibility index (Phi) is 5.39. The van der Waals surface area contributed by atoms with Crippen LogP contribution in [-0.2, 0) is 22.6 Å². The van der Waals surface area contributed by atoms with E-state index in [0.717, 1.165) is 17.5 Å². The lowest BCUT2D eigenvalue weighted by Gasteiger charge is -2.02. The Bertz CT molecular complexity index is 1100. The second-order valence-electron chi connectivity index (χ2n) is 6.40. The molecule has 6 nitrogen and oxygen atoms in total. The van der Waals surface area contributed by atoms with Crippen LogP contribution in [0.2, 0.25) is 5.02 Å². The number of para-hydroxylation sites is 1. The number of benzene rings is 2. The number of halogens is 1. The van der Waals surface area contributed by atoms with Gasteiger partial charge in [-0.05, 0) is 36.6 Å². The minimum atomic E-state index is -0.289. The molecule has 0 aliphatic heterocycles. The van der Waals surface area contributed by atoms with Crippen LogP contribution in [0.1, 0.15) is 24.3 Å². The number of fused-ring (bicyclic) bond motifs is 1. The fourth-order valence-electron chi connectivity index (χ4n) is 3.03. The van der Waals surface area contributed by atoms with Gasteiger partial charge in [-0.15, -0.1) is 0 Å². The van der Waals surface area contributed by atoms with Gasteiger partial charge in [0.15, 0.2) is 6.61 Å². The highest BCUT2D eigenvalue weighted by molar-refractivity contribution is 6.30. The highest BCUT2D eigenvalue weighted by atomic mass is 35.5. The molecule has 4 aromatic rings. The summed E-state index contributed by atoms with van der Waals surface area (Å²) in [6.07, 6.45) is 3.83. The molecule has 0 amide bonds. The molecular formula is C21H18ClN3O3. The molecular weight excluding hydrogens is 378 g/mol. The average molecular weight is 396 g/mol. The van der Waals surface area contributed by atoms with E-state index in [4.69, 9.17) is 20.9 Å². The summed E-state index contributed by atoms with van der Waals surface area (Å²) >= 11 is 5.96. The molecule has 0 radical (unpaired) electrons. The van der Waals surface area contributed by atoms with Crippen LogP contribution in [-0.4, -0.2) is 21.1 Å². The van der Waals surface area contributed by atoms with Crippen molar-refractivity contribution >= 4 is 28.5 Å². The van der Waals surface area contributed by atoms with Gasteiger partial charge in [0, 0.05) is 34.1 Å². The molecule has 0 aliphatic rings. The monoisotopic (exact) mass is 395 g/mol. The highest BCUT2D eigenvalue weighted by Crippen LogP contribution is 2.21. The van der Waals surface area contributed by atoms with Gasteiger partial charge in [-0.25, -0.2) is 0 Å².